The van der Waals surface area contributed by atoms with Crippen molar-refractivity contribution in [3.8, 4) is 0 Å². The summed E-state index contributed by atoms with van der Waals surface area (Å²) >= 11 is 0. The minimum atomic E-state index is -0.0495. The van der Waals surface area contributed by atoms with E-state index in [9.17, 15) is 4.79 Å². The first-order chi connectivity index (χ1) is 8.91. The summed E-state index contributed by atoms with van der Waals surface area (Å²) < 4.78 is 0. The number of rotatable bonds is 6. The van der Waals surface area contributed by atoms with Crippen LogP contribution in [-0.4, -0.2) is 42.5 Å². The number of nitrogens with two attached hydrogens (primary N) is 1. The monoisotopic (exact) mass is 269 g/mol. The first kappa shape index (κ1) is 16.4. The van der Waals surface area contributed by atoms with Crippen molar-refractivity contribution in [3.63, 3.8) is 0 Å². The smallest absolute Gasteiger partial charge is 0.237 e. The summed E-state index contributed by atoms with van der Waals surface area (Å²) in [4.78, 5) is 14.3. The Bertz CT molecular complexity index is 273. The molecule has 0 aliphatic heterocycles. The van der Waals surface area contributed by atoms with Crippen LogP contribution in [0.5, 0.6) is 0 Å². The molecule has 1 saturated carbocycles. The molecule has 1 amide bonds. The Kier molecular flexibility index (Phi) is 6.80. The highest BCUT2D eigenvalue weighted by Crippen LogP contribution is 2.22. The summed E-state index contributed by atoms with van der Waals surface area (Å²) in [5.74, 6) is 0.784. The lowest BCUT2D eigenvalue weighted by molar-refractivity contribution is -0.126. The van der Waals surface area contributed by atoms with E-state index in [1.54, 1.807) is 0 Å². The zero-order chi connectivity index (χ0) is 14.4. The van der Waals surface area contributed by atoms with Crippen LogP contribution in [0.2, 0.25) is 0 Å². The van der Waals surface area contributed by atoms with Crippen molar-refractivity contribution in [3.05, 3.63) is 0 Å². The summed E-state index contributed by atoms with van der Waals surface area (Å²) in [6.07, 6.45) is 5.43. The van der Waals surface area contributed by atoms with Gasteiger partial charge in [0, 0.05) is 18.6 Å². The summed E-state index contributed by atoms with van der Waals surface area (Å²) in [7, 11) is 2.06. The highest BCUT2D eigenvalue weighted by molar-refractivity contribution is 5.81. The molecule has 0 saturated heterocycles. The molecule has 1 rings (SSSR count). The number of nitrogens with zero attached hydrogens (tertiary/aromatic N) is 1. The number of likely N-dealkylation sites (N-methyl/N-ethyl adjacent to an activating group) is 1. The van der Waals surface area contributed by atoms with Crippen molar-refractivity contribution in [2.45, 2.75) is 71.0 Å². The second-order valence-electron chi connectivity index (χ2n) is 6.38. The molecule has 1 unspecified atom stereocenters. The average Bonchev–Trinajstić information content (AvgIpc) is 2.37. The summed E-state index contributed by atoms with van der Waals surface area (Å²) in [5.41, 5.74) is 5.93. The SMILES string of the molecule is CC(C)CCNC(=O)C(C)N(C)C1CCC(N)CC1. The van der Waals surface area contributed by atoms with Crippen molar-refractivity contribution >= 4 is 5.91 Å². The molecule has 1 fully saturated rings. The molecule has 1 aliphatic rings. The lowest BCUT2D eigenvalue weighted by Crippen LogP contribution is -2.49. The molecule has 0 spiro atoms. The molecule has 4 nitrogen and oxygen atoms in total. The largest absolute Gasteiger partial charge is 0.355 e. The maximum atomic E-state index is 12.1. The van der Waals surface area contributed by atoms with Gasteiger partial charge in [-0.15, -0.1) is 0 Å². The molecule has 3 N–H and O–H groups in total. The highest BCUT2D eigenvalue weighted by Gasteiger charge is 2.27. The van der Waals surface area contributed by atoms with Crippen LogP contribution in [0.25, 0.3) is 0 Å². The van der Waals surface area contributed by atoms with Gasteiger partial charge in [0.15, 0.2) is 0 Å². The predicted molar refractivity (Wildman–Crippen MR) is 79.9 cm³/mol. The van der Waals surface area contributed by atoms with E-state index < -0.39 is 0 Å². The number of hydrogen-bond donors (Lipinski definition) is 2. The van der Waals surface area contributed by atoms with Crippen LogP contribution in [0.4, 0.5) is 0 Å². The molecule has 0 aromatic heterocycles. The normalized spacial score (nSPS) is 25.6. The van der Waals surface area contributed by atoms with E-state index in [0.29, 0.717) is 18.0 Å². The van der Waals surface area contributed by atoms with Crippen LogP contribution in [0, 0.1) is 5.92 Å². The fraction of sp³-hybridized carbons (Fsp3) is 0.933. The molecule has 1 aliphatic carbocycles. The molecule has 0 bridgehead atoms. The van der Waals surface area contributed by atoms with Crippen LogP contribution in [0.1, 0.15) is 52.9 Å². The lowest BCUT2D eigenvalue weighted by Gasteiger charge is -2.36. The topological polar surface area (TPSA) is 58.4 Å². The third kappa shape index (κ3) is 5.49. The summed E-state index contributed by atoms with van der Waals surface area (Å²) in [6, 6.07) is 0.817. The Morgan fingerprint density at radius 2 is 1.84 bits per heavy atom. The van der Waals surface area contributed by atoms with Gasteiger partial charge in [0.1, 0.15) is 0 Å². The molecule has 0 heterocycles. The Balaban J connectivity index is 2.34. The fourth-order valence-corrected chi connectivity index (χ4v) is 2.64. The Morgan fingerprint density at radius 3 is 2.37 bits per heavy atom. The third-order valence-corrected chi connectivity index (χ3v) is 4.33. The van der Waals surface area contributed by atoms with E-state index in [4.69, 9.17) is 5.73 Å². The molecular weight excluding hydrogens is 238 g/mol. The summed E-state index contributed by atoms with van der Waals surface area (Å²) in [5, 5.41) is 3.04. The standard InChI is InChI=1S/C15H31N3O/c1-11(2)9-10-17-15(19)12(3)18(4)14-7-5-13(16)6-8-14/h11-14H,5-10,16H2,1-4H3,(H,17,19). The van der Waals surface area contributed by atoms with Gasteiger partial charge >= 0.3 is 0 Å². The second kappa shape index (κ2) is 7.85. The van der Waals surface area contributed by atoms with Gasteiger partial charge in [-0.2, -0.15) is 0 Å². The molecule has 0 radical (unpaired) electrons. The molecule has 0 aromatic carbocycles. The molecule has 112 valence electrons. The Morgan fingerprint density at radius 1 is 1.26 bits per heavy atom. The number of nitrogens with one attached hydrogen (secondary N) is 1. The van der Waals surface area contributed by atoms with Gasteiger partial charge in [0.25, 0.3) is 0 Å². The van der Waals surface area contributed by atoms with E-state index in [0.717, 1.165) is 38.6 Å². The van der Waals surface area contributed by atoms with Crippen LogP contribution >= 0.6 is 0 Å². The highest BCUT2D eigenvalue weighted by atomic mass is 16.2. The van der Waals surface area contributed by atoms with E-state index in [-0.39, 0.29) is 11.9 Å². The summed E-state index contributed by atoms with van der Waals surface area (Å²) in [6.45, 7) is 7.13. The first-order valence-corrected chi connectivity index (χ1v) is 7.67. The van der Waals surface area contributed by atoms with Gasteiger partial charge in [-0.25, -0.2) is 0 Å². The minimum absolute atomic E-state index is 0.0495. The predicted octanol–water partition coefficient (Wildman–Crippen LogP) is 1.74. The van der Waals surface area contributed by atoms with Crippen LogP contribution in [-0.2, 0) is 4.79 Å². The maximum absolute atomic E-state index is 12.1. The Hall–Kier alpha value is -0.610. The van der Waals surface area contributed by atoms with Crippen molar-refractivity contribution < 1.29 is 4.79 Å². The average molecular weight is 269 g/mol. The van der Waals surface area contributed by atoms with E-state index >= 15 is 0 Å². The van der Waals surface area contributed by atoms with Gasteiger partial charge in [0.2, 0.25) is 5.91 Å². The second-order valence-corrected chi connectivity index (χ2v) is 6.38. The van der Waals surface area contributed by atoms with Gasteiger partial charge in [0.05, 0.1) is 6.04 Å². The van der Waals surface area contributed by atoms with Crippen molar-refractivity contribution in [1.29, 1.82) is 0 Å². The van der Waals surface area contributed by atoms with Gasteiger partial charge < -0.3 is 11.1 Å². The number of carbonyl (C=O) groups is 1. The fourth-order valence-electron chi connectivity index (χ4n) is 2.64. The zero-order valence-electron chi connectivity index (χ0n) is 13.0. The molecular formula is C15H31N3O. The van der Waals surface area contributed by atoms with Crippen LogP contribution in [0.15, 0.2) is 0 Å². The van der Waals surface area contributed by atoms with E-state index in [1.807, 2.05) is 6.92 Å². The number of amides is 1. The Labute approximate surface area is 118 Å². The van der Waals surface area contributed by atoms with Crippen LogP contribution in [0.3, 0.4) is 0 Å². The van der Waals surface area contributed by atoms with Gasteiger partial charge in [-0.1, -0.05) is 13.8 Å². The molecule has 4 heteroatoms. The van der Waals surface area contributed by atoms with Gasteiger partial charge in [-0.3, -0.25) is 9.69 Å². The van der Waals surface area contributed by atoms with E-state index in [2.05, 4.69) is 31.1 Å². The van der Waals surface area contributed by atoms with Crippen molar-refractivity contribution in [2.24, 2.45) is 11.7 Å². The quantitative estimate of drug-likeness (QED) is 0.772. The van der Waals surface area contributed by atoms with Gasteiger partial charge in [-0.05, 0) is 52.0 Å². The minimum Gasteiger partial charge on any atom is -0.355 e. The van der Waals surface area contributed by atoms with E-state index in [1.165, 1.54) is 0 Å². The number of hydrogen-bond acceptors (Lipinski definition) is 3. The first-order valence-electron chi connectivity index (χ1n) is 7.67. The number of carbonyl (C=O) groups excluding carboxylic acids is 1. The zero-order valence-corrected chi connectivity index (χ0v) is 13.0. The van der Waals surface area contributed by atoms with Crippen molar-refractivity contribution in [1.82, 2.24) is 10.2 Å². The van der Waals surface area contributed by atoms with Crippen molar-refractivity contribution in [2.75, 3.05) is 13.6 Å². The maximum Gasteiger partial charge on any atom is 0.237 e. The molecule has 1 atom stereocenters. The third-order valence-electron chi connectivity index (χ3n) is 4.33. The van der Waals surface area contributed by atoms with Crippen LogP contribution < -0.4 is 11.1 Å². The molecule has 0 aromatic rings. The molecule has 19 heavy (non-hydrogen) atoms. The lowest BCUT2D eigenvalue weighted by atomic mass is 9.90.